The summed E-state index contributed by atoms with van der Waals surface area (Å²) in [7, 11) is -5.04. The Morgan fingerprint density at radius 3 is 2.03 bits per heavy atom. The molecule has 2 atom stereocenters. The summed E-state index contributed by atoms with van der Waals surface area (Å²) in [6.45, 7) is 11.3. The molecule has 4 rings (SSSR count). The van der Waals surface area contributed by atoms with Crippen molar-refractivity contribution >= 4 is 13.8 Å². The van der Waals surface area contributed by atoms with Gasteiger partial charge in [-0.15, -0.1) is 0 Å². The number of esters is 1. The summed E-state index contributed by atoms with van der Waals surface area (Å²) in [6.07, 6.45) is 0. The van der Waals surface area contributed by atoms with Crippen molar-refractivity contribution in [3.63, 3.8) is 0 Å². The van der Waals surface area contributed by atoms with E-state index in [2.05, 4.69) is 0 Å². The van der Waals surface area contributed by atoms with Gasteiger partial charge in [-0.3, -0.25) is 4.57 Å². The molecule has 2 unspecified atom stereocenters. The standard InChI is InChI=1S/C28H31O7P.Na/c1-15(2)20-13-25(29)17(5)11-23(20)28(22-10-8-7-9-19(22)27(30)34-28)24-12-18(6)26(35-36(31,32)33)14-21(24)16(3)4;/h7-16,29H,1-6H3,(H2,31,32,33);/q;+1/p-1. The quantitative estimate of drug-likeness (QED) is 0.285. The Morgan fingerprint density at radius 2 is 1.46 bits per heavy atom. The van der Waals surface area contributed by atoms with Crippen LogP contribution in [0.2, 0.25) is 0 Å². The van der Waals surface area contributed by atoms with Crippen molar-refractivity contribution in [1.29, 1.82) is 0 Å². The molecule has 0 saturated heterocycles. The normalized spacial score (nSPS) is 18.3. The zero-order valence-corrected chi connectivity index (χ0v) is 25.1. The molecule has 1 aliphatic rings. The molecular formula is C28H30NaO7P. The first-order valence-corrected chi connectivity index (χ1v) is 13.3. The van der Waals surface area contributed by atoms with Gasteiger partial charge in [0.1, 0.15) is 11.5 Å². The minimum atomic E-state index is -5.04. The van der Waals surface area contributed by atoms with Crippen molar-refractivity contribution in [2.45, 2.75) is 59.0 Å². The molecular weight excluding hydrogens is 502 g/mol. The smallest absolute Gasteiger partial charge is 0.746 e. The fourth-order valence-corrected chi connectivity index (χ4v) is 5.41. The molecule has 2 N–H and O–H groups in total. The molecule has 0 saturated carbocycles. The van der Waals surface area contributed by atoms with Crippen LogP contribution in [0.25, 0.3) is 0 Å². The second kappa shape index (κ2) is 10.6. The van der Waals surface area contributed by atoms with E-state index < -0.39 is 19.4 Å². The van der Waals surface area contributed by atoms with Crippen LogP contribution in [0, 0.1) is 13.8 Å². The van der Waals surface area contributed by atoms with E-state index >= 15 is 0 Å². The summed E-state index contributed by atoms with van der Waals surface area (Å²) in [5.74, 6) is -0.466. The number of fused-ring (bicyclic) bond motifs is 1. The third-order valence-electron chi connectivity index (χ3n) is 6.70. The number of aromatic hydroxyl groups is 1. The Labute approximate surface area is 239 Å². The third kappa shape index (κ3) is 5.26. The summed E-state index contributed by atoms with van der Waals surface area (Å²) in [5.41, 5.74) is 3.70. The van der Waals surface area contributed by atoms with Crippen LogP contribution in [-0.2, 0) is 14.9 Å². The summed E-state index contributed by atoms with van der Waals surface area (Å²) in [5, 5.41) is 10.5. The van der Waals surface area contributed by atoms with Crippen molar-refractivity contribution in [1.82, 2.24) is 0 Å². The molecule has 0 fully saturated rings. The zero-order chi connectivity index (χ0) is 26.6. The molecule has 0 aromatic heterocycles. The number of benzene rings is 3. The fourth-order valence-electron chi connectivity index (χ4n) is 4.97. The van der Waals surface area contributed by atoms with E-state index in [-0.39, 0.29) is 52.9 Å². The van der Waals surface area contributed by atoms with Crippen LogP contribution in [0.4, 0.5) is 0 Å². The van der Waals surface area contributed by atoms with Gasteiger partial charge in [-0.1, -0.05) is 45.9 Å². The number of phosphoric ester groups is 1. The maximum absolute atomic E-state index is 13.3. The second-order valence-corrected chi connectivity index (χ2v) is 11.0. The van der Waals surface area contributed by atoms with E-state index in [1.807, 2.05) is 45.9 Å². The Bertz CT molecular complexity index is 1410. The number of hydrogen-bond donors (Lipinski definition) is 2. The summed E-state index contributed by atoms with van der Waals surface area (Å²) in [4.78, 5) is 34.1. The number of phenols is 1. The minimum absolute atomic E-state index is 0. The molecule has 0 bridgehead atoms. The van der Waals surface area contributed by atoms with E-state index in [1.165, 1.54) is 0 Å². The van der Waals surface area contributed by atoms with Crippen molar-refractivity contribution < 1.29 is 63.1 Å². The molecule has 0 aliphatic carbocycles. The molecule has 3 aromatic carbocycles. The van der Waals surface area contributed by atoms with Crippen LogP contribution in [-0.4, -0.2) is 16.0 Å². The molecule has 190 valence electrons. The fraction of sp³-hybridized carbons (Fsp3) is 0.321. The SMILES string of the molecule is Cc1cc(C2(c3cc(C)c(OP(=O)([O-])O)cc3C(C)C)OC(=O)c3ccccc32)c(C(C)C)cc1O.[Na+]. The van der Waals surface area contributed by atoms with Gasteiger partial charge in [0.15, 0.2) is 5.60 Å². The molecule has 1 heterocycles. The van der Waals surface area contributed by atoms with Gasteiger partial charge in [0.05, 0.1) is 5.56 Å². The van der Waals surface area contributed by atoms with Gasteiger partial charge in [0.2, 0.25) is 0 Å². The van der Waals surface area contributed by atoms with E-state index in [1.54, 1.807) is 44.2 Å². The van der Waals surface area contributed by atoms with Gasteiger partial charge in [-0.2, -0.15) is 0 Å². The molecule has 1 aliphatic heterocycles. The van der Waals surface area contributed by atoms with Gasteiger partial charge in [0.25, 0.3) is 0 Å². The topological polar surface area (TPSA) is 116 Å². The van der Waals surface area contributed by atoms with Crippen molar-refractivity contribution in [2.24, 2.45) is 0 Å². The molecule has 0 radical (unpaired) electrons. The number of phenolic OH excluding ortho intramolecular Hbond substituents is 1. The first-order valence-electron chi connectivity index (χ1n) is 11.8. The summed E-state index contributed by atoms with van der Waals surface area (Å²) in [6, 6.07) is 14.1. The van der Waals surface area contributed by atoms with Crippen LogP contribution in [0.5, 0.6) is 11.5 Å². The average Bonchev–Trinajstić information content (AvgIpc) is 3.08. The predicted molar refractivity (Wildman–Crippen MR) is 134 cm³/mol. The van der Waals surface area contributed by atoms with Gasteiger partial charge in [-0.25, -0.2) is 4.79 Å². The third-order valence-corrected chi connectivity index (χ3v) is 7.13. The largest absolute Gasteiger partial charge is 1.00 e. The number of ether oxygens (including phenoxy) is 1. The zero-order valence-electron chi connectivity index (χ0n) is 22.2. The monoisotopic (exact) mass is 532 g/mol. The number of rotatable bonds is 6. The molecule has 0 amide bonds. The number of carbonyl (C=O) groups excluding carboxylic acids is 1. The number of cyclic esters (lactones) is 1. The molecule has 37 heavy (non-hydrogen) atoms. The molecule has 7 nitrogen and oxygen atoms in total. The molecule has 9 heteroatoms. The van der Waals surface area contributed by atoms with Crippen molar-refractivity contribution in [2.75, 3.05) is 0 Å². The van der Waals surface area contributed by atoms with Gasteiger partial charge < -0.3 is 24.2 Å². The number of phosphoric acid groups is 1. The maximum atomic E-state index is 13.3. The van der Waals surface area contributed by atoms with Gasteiger partial charge in [-0.05, 0) is 78.3 Å². The van der Waals surface area contributed by atoms with Crippen LogP contribution >= 0.6 is 7.82 Å². The first kappa shape index (κ1) is 29.4. The van der Waals surface area contributed by atoms with E-state index in [4.69, 9.17) is 9.26 Å². The van der Waals surface area contributed by atoms with E-state index in [0.29, 0.717) is 33.4 Å². The Morgan fingerprint density at radius 1 is 0.919 bits per heavy atom. The van der Waals surface area contributed by atoms with Crippen molar-refractivity contribution in [3.8, 4) is 11.5 Å². The molecule has 3 aromatic rings. The molecule has 0 spiro atoms. The maximum Gasteiger partial charge on any atom is 1.00 e. The number of hydrogen-bond acceptors (Lipinski definition) is 6. The van der Waals surface area contributed by atoms with E-state index in [9.17, 15) is 24.3 Å². The Kier molecular flexibility index (Phi) is 8.41. The van der Waals surface area contributed by atoms with Crippen LogP contribution in [0.15, 0.2) is 48.5 Å². The summed E-state index contributed by atoms with van der Waals surface area (Å²) < 4.78 is 22.7. The van der Waals surface area contributed by atoms with Crippen LogP contribution in [0.1, 0.15) is 88.8 Å². The first-order chi connectivity index (χ1) is 16.8. The van der Waals surface area contributed by atoms with Crippen LogP contribution in [0.3, 0.4) is 0 Å². The predicted octanol–water partition coefficient (Wildman–Crippen LogP) is 2.56. The van der Waals surface area contributed by atoms with Gasteiger partial charge in [0, 0.05) is 16.7 Å². The number of carbonyl (C=O) groups is 1. The summed E-state index contributed by atoms with van der Waals surface area (Å²) >= 11 is 0. The van der Waals surface area contributed by atoms with E-state index in [0.717, 1.165) is 11.1 Å². The van der Waals surface area contributed by atoms with Gasteiger partial charge >= 0.3 is 43.3 Å². The van der Waals surface area contributed by atoms with Crippen molar-refractivity contribution in [3.05, 3.63) is 93.0 Å². The Hall–Kier alpha value is -2.12. The van der Waals surface area contributed by atoms with Crippen LogP contribution < -0.4 is 39.0 Å². The average molecular weight is 533 g/mol. The second-order valence-electron chi connectivity index (χ2n) is 9.92. The minimum Gasteiger partial charge on any atom is -0.746 e. The Balaban J connectivity index is 0.00000380. The number of aryl methyl sites for hydroxylation is 2.